The van der Waals surface area contributed by atoms with E-state index in [9.17, 15) is 18.0 Å². The second kappa shape index (κ2) is 11.4. The minimum absolute atomic E-state index is 0.0610. The lowest BCUT2D eigenvalue weighted by Crippen LogP contribution is -2.52. The van der Waals surface area contributed by atoms with Crippen LogP contribution in [-0.4, -0.2) is 50.0 Å². The summed E-state index contributed by atoms with van der Waals surface area (Å²) in [6.45, 7) is 8.35. The molecule has 0 spiro atoms. The van der Waals surface area contributed by atoms with Gasteiger partial charge >= 0.3 is 0 Å². The Hall–Kier alpha value is -2.29. The van der Waals surface area contributed by atoms with Crippen molar-refractivity contribution < 1.29 is 18.0 Å². The Morgan fingerprint density at radius 1 is 1.03 bits per heavy atom. The molecule has 34 heavy (non-hydrogen) atoms. The molecule has 0 unspecified atom stereocenters. The van der Waals surface area contributed by atoms with Crippen molar-refractivity contribution >= 4 is 50.7 Å². The number of carbonyl (C=O) groups is 2. The van der Waals surface area contributed by atoms with Crippen LogP contribution < -0.4 is 9.62 Å². The highest BCUT2D eigenvalue weighted by molar-refractivity contribution is 7.92. The number of nitrogens with one attached hydrogen (secondary N) is 1. The van der Waals surface area contributed by atoms with E-state index >= 15 is 0 Å². The summed E-state index contributed by atoms with van der Waals surface area (Å²) in [5.74, 6) is -0.934. The van der Waals surface area contributed by atoms with Crippen molar-refractivity contribution in [1.82, 2.24) is 10.2 Å². The van der Waals surface area contributed by atoms with Crippen LogP contribution >= 0.6 is 23.2 Å². The lowest BCUT2D eigenvalue weighted by atomic mass is 10.1. The largest absolute Gasteiger partial charge is 0.352 e. The molecule has 186 valence electrons. The first kappa shape index (κ1) is 28.0. The molecule has 0 aliphatic heterocycles. The first-order valence-electron chi connectivity index (χ1n) is 10.8. The zero-order valence-corrected chi connectivity index (χ0v) is 22.6. The zero-order chi connectivity index (χ0) is 25.8. The number of hydrogen-bond donors (Lipinski definition) is 1. The van der Waals surface area contributed by atoms with E-state index in [2.05, 4.69) is 5.32 Å². The molecular weight excluding hydrogens is 497 g/mol. The highest BCUT2D eigenvalue weighted by Crippen LogP contribution is 2.28. The highest BCUT2D eigenvalue weighted by Gasteiger charge is 2.31. The van der Waals surface area contributed by atoms with Crippen molar-refractivity contribution in [1.29, 1.82) is 0 Å². The molecule has 10 heteroatoms. The summed E-state index contributed by atoms with van der Waals surface area (Å²) in [5, 5.41) is 3.48. The molecule has 0 heterocycles. The molecule has 0 aliphatic carbocycles. The molecule has 2 rings (SSSR count). The fourth-order valence-corrected chi connectivity index (χ4v) is 4.95. The number of sulfonamides is 1. The maximum atomic E-state index is 13.6. The summed E-state index contributed by atoms with van der Waals surface area (Å²) in [6, 6.07) is 9.22. The lowest BCUT2D eigenvalue weighted by Gasteiger charge is -2.32. The predicted octanol–water partition coefficient (Wildman–Crippen LogP) is 4.32. The number of nitrogens with zero attached hydrogens (tertiary/aromatic N) is 2. The monoisotopic (exact) mass is 527 g/mol. The van der Waals surface area contributed by atoms with E-state index in [1.54, 1.807) is 44.2 Å². The molecule has 0 aliphatic rings. The van der Waals surface area contributed by atoms with Gasteiger partial charge < -0.3 is 10.2 Å². The second-order valence-electron chi connectivity index (χ2n) is 8.62. The van der Waals surface area contributed by atoms with Crippen LogP contribution in [0.4, 0.5) is 5.69 Å². The molecule has 2 amide bonds. The Labute approximate surface area is 212 Å². The molecule has 2 aromatic rings. The van der Waals surface area contributed by atoms with E-state index in [4.69, 9.17) is 23.2 Å². The molecular formula is C24H31Cl2N3O4S. The van der Waals surface area contributed by atoms with E-state index in [0.717, 1.165) is 16.1 Å². The number of anilines is 1. The molecule has 0 saturated heterocycles. The van der Waals surface area contributed by atoms with Gasteiger partial charge in [0.1, 0.15) is 12.6 Å². The van der Waals surface area contributed by atoms with E-state index in [0.29, 0.717) is 26.9 Å². The van der Waals surface area contributed by atoms with Gasteiger partial charge in [0.05, 0.1) is 11.9 Å². The maximum Gasteiger partial charge on any atom is 0.244 e. The van der Waals surface area contributed by atoms with Gasteiger partial charge in [-0.2, -0.15) is 0 Å². The van der Waals surface area contributed by atoms with Crippen molar-refractivity contribution in [3.8, 4) is 0 Å². The summed E-state index contributed by atoms with van der Waals surface area (Å²) in [6.07, 6.45) is 1.05. The Kier molecular flexibility index (Phi) is 9.39. The number of carbonyl (C=O) groups excluding carboxylic acids is 2. The van der Waals surface area contributed by atoms with Gasteiger partial charge in [0.25, 0.3) is 0 Å². The smallest absolute Gasteiger partial charge is 0.244 e. The zero-order valence-electron chi connectivity index (χ0n) is 20.2. The van der Waals surface area contributed by atoms with Gasteiger partial charge in [0.15, 0.2) is 0 Å². The van der Waals surface area contributed by atoms with Crippen LogP contribution in [-0.2, 0) is 26.2 Å². The number of rotatable bonds is 9. The van der Waals surface area contributed by atoms with Crippen LogP contribution in [0.5, 0.6) is 0 Å². The van der Waals surface area contributed by atoms with Gasteiger partial charge in [0, 0.05) is 28.2 Å². The molecule has 0 aromatic heterocycles. The summed E-state index contributed by atoms with van der Waals surface area (Å²) in [5.41, 5.74) is 2.55. The minimum atomic E-state index is -3.80. The Morgan fingerprint density at radius 3 is 2.12 bits per heavy atom. The first-order valence-corrected chi connectivity index (χ1v) is 13.4. The van der Waals surface area contributed by atoms with Crippen molar-refractivity contribution in [2.45, 2.75) is 53.2 Å². The molecule has 2 aromatic carbocycles. The molecule has 1 atom stereocenters. The van der Waals surface area contributed by atoms with Crippen LogP contribution in [0, 0.1) is 13.8 Å². The average Bonchev–Trinajstić information content (AvgIpc) is 2.70. The number of amides is 2. The molecule has 0 saturated carbocycles. The predicted molar refractivity (Wildman–Crippen MR) is 138 cm³/mol. The Bertz CT molecular complexity index is 1150. The maximum absolute atomic E-state index is 13.6. The Balaban J connectivity index is 2.49. The van der Waals surface area contributed by atoms with Gasteiger partial charge in [-0.05, 0) is 58.4 Å². The quantitative estimate of drug-likeness (QED) is 0.526. The van der Waals surface area contributed by atoms with E-state index in [1.807, 2.05) is 26.8 Å². The fraction of sp³-hybridized carbons (Fsp3) is 0.417. The average molecular weight is 529 g/mol. The minimum Gasteiger partial charge on any atom is -0.352 e. The third kappa shape index (κ3) is 7.10. The number of halogens is 2. The third-order valence-corrected chi connectivity index (χ3v) is 7.12. The van der Waals surface area contributed by atoms with Crippen molar-refractivity contribution in [2.75, 3.05) is 17.1 Å². The van der Waals surface area contributed by atoms with Gasteiger partial charge in [-0.1, -0.05) is 47.0 Å². The van der Waals surface area contributed by atoms with E-state index in [1.165, 1.54) is 4.90 Å². The molecule has 0 bridgehead atoms. The fourth-order valence-electron chi connectivity index (χ4n) is 3.52. The normalized spacial score (nSPS) is 12.4. The first-order chi connectivity index (χ1) is 15.7. The molecule has 1 N–H and O–H groups in total. The standard InChI is InChI=1S/C24H31Cl2N3O4S/c1-15(2)27-24(31)18(5)28(13-19-20(25)8-7-9-21(19)26)23(30)14-29(34(6,32)33)22-11-10-16(3)12-17(22)4/h7-12,15,18H,13-14H2,1-6H3,(H,27,31)/t18-/m1/s1. The van der Waals surface area contributed by atoms with Crippen molar-refractivity contribution in [3.63, 3.8) is 0 Å². The molecule has 7 nitrogen and oxygen atoms in total. The van der Waals surface area contributed by atoms with Gasteiger partial charge in [-0.25, -0.2) is 8.42 Å². The SMILES string of the molecule is Cc1ccc(N(CC(=O)N(Cc2c(Cl)cccc2Cl)[C@H](C)C(=O)NC(C)C)S(C)(=O)=O)c(C)c1. The van der Waals surface area contributed by atoms with Gasteiger partial charge in [-0.3, -0.25) is 13.9 Å². The number of benzene rings is 2. The van der Waals surface area contributed by atoms with Crippen molar-refractivity contribution in [2.24, 2.45) is 0 Å². The summed E-state index contributed by atoms with van der Waals surface area (Å²) in [4.78, 5) is 27.7. The van der Waals surface area contributed by atoms with Gasteiger partial charge in [0.2, 0.25) is 21.8 Å². The van der Waals surface area contributed by atoms with Crippen LogP contribution in [0.15, 0.2) is 36.4 Å². The van der Waals surface area contributed by atoms with Crippen LogP contribution in [0.25, 0.3) is 0 Å². The van der Waals surface area contributed by atoms with E-state index in [-0.39, 0.29) is 18.5 Å². The van der Waals surface area contributed by atoms with Gasteiger partial charge in [-0.15, -0.1) is 0 Å². The lowest BCUT2D eigenvalue weighted by molar-refractivity contribution is -0.139. The Morgan fingerprint density at radius 2 is 1.62 bits per heavy atom. The highest BCUT2D eigenvalue weighted by atomic mass is 35.5. The van der Waals surface area contributed by atoms with Crippen LogP contribution in [0.1, 0.15) is 37.5 Å². The topological polar surface area (TPSA) is 86.8 Å². The van der Waals surface area contributed by atoms with Crippen LogP contribution in [0.3, 0.4) is 0 Å². The van der Waals surface area contributed by atoms with E-state index < -0.39 is 28.5 Å². The second-order valence-corrected chi connectivity index (χ2v) is 11.3. The summed E-state index contributed by atoms with van der Waals surface area (Å²) in [7, 11) is -3.80. The molecule has 0 radical (unpaired) electrons. The number of hydrogen-bond acceptors (Lipinski definition) is 4. The summed E-state index contributed by atoms with van der Waals surface area (Å²) < 4.78 is 26.4. The molecule has 0 fully saturated rings. The summed E-state index contributed by atoms with van der Waals surface area (Å²) >= 11 is 12.7. The van der Waals surface area contributed by atoms with Crippen LogP contribution in [0.2, 0.25) is 10.0 Å². The van der Waals surface area contributed by atoms with Crippen molar-refractivity contribution in [3.05, 3.63) is 63.1 Å². The third-order valence-electron chi connectivity index (χ3n) is 5.29. The number of aryl methyl sites for hydroxylation is 2.